The van der Waals surface area contributed by atoms with Crippen LogP contribution < -0.4 is 16.4 Å². The van der Waals surface area contributed by atoms with E-state index in [9.17, 15) is 14.4 Å². The van der Waals surface area contributed by atoms with Crippen LogP contribution in [0.15, 0.2) is 47.2 Å². The quantitative estimate of drug-likeness (QED) is 0.604. The van der Waals surface area contributed by atoms with Gasteiger partial charge in [-0.1, -0.05) is 6.07 Å². The maximum absolute atomic E-state index is 12.2. The number of thiophene rings is 1. The van der Waals surface area contributed by atoms with E-state index in [0.717, 1.165) is 0 Å². The molecule has 0 aliphatic heterocycles. The number of thiazole rings is 1. The molecule has 9 heteroatoms. The summed E-state index contributed by atoms with van der Waals surface area (Å²) in [5.41, 5.74) is 6.65. The lowest BCUT2D eigenvalue weighted by atomic mass is 10.2. The number of amides is 3. The summed E-state index contributed by atoms with van der Waals surface area (Å²) >= 11 is 2.57. The van der Waals surface area contributed by atoms with E-state index in [1.807, 2.05) is 5.38 Å². The molecule has 26 heavy (non-hydrogen) atoms. The van der Waals surface area contributed by atoms with Crippen LogP contribution in [0.1, 0.15) is 25.7 Å². The van der Waals surface area contributed by atoms with Crippen LogP contribution in [0.25, 0.3) is 0 Å². The van der Waals surface area contributed by atoms with Crippen molar-refractivity contribution in [3.8, 4) is 0 Å². The highest BCUT2D eigenvalue weighted by Gasteiger charge is 2.11. The number of nitrogens with two attached hydrogens (primary N) is 1. The van der Waals surface area contributed by atoms with Gasteiger partial charge in [0.05, 0.1) is 17.0 Å². The van der Waals surface area contributed by atoms with E-state index in [4.69, 9.17) is 5.73 Å². The first-order valence-electron chi connectivity index (χ1n) is 7.50. The van der Waals surface area contributed by atoms with Crippen molar-refractivity contribution >= 4 is 51.2 Å². The molecule has 0 bridgehead atoms. The highest BCUT2D eigenvalue weighted by Crippen LogP contribution is 2.18. The Labute approximate surface area is 156 Å². The Morgan fingerprint density at radius 3 is 2.42 bits per heavy atom. The standard InChI is InChI=1S/C17H14N4O3S2/c18-14(22)8-12-9-26-17(20-12)21-15(23)10-3-5-11(6-4-10)19-16(24)13-2-1-7-25-13/h1-7,9H,8H2,(H2,18,22)(H,19,24)(H,20,21,23). The fourth-order valence-corrected chi connectivity index (χ4v) is 3.42. The van der Waals surface area contributed by atoms with Crippen molar-refractivity contribution in [3.63, 3.8) is 0 Å². The lowest BCUT2D eigenvalue weighted by Crippen LogP contribution is -2.15. The summed E-state index contributed by atoms with van der Waals surface area (Å²) < 4.78 is 0. The molecule has 2 aromatic heterocycles. The second-order valence-corrected chi connectivity index (χ2v) is 7.06. The van der Waals surface area contributed by atoms with Crippen molar-refractivity contribution in [2.75, 3.05) is 10.6 Å². The zero-order valence-corrected chi connectivity index (χ0v) is 15.0. The molecule has 7 nitrogen and oxygen atoms in total. The van der Waals surface area contributed by atoms with E-state index in [-0.39, 0.29) is 18.2 Å². The van der Waals surface area contributed by atoms with E-state index in [1.165, 1.54) is 22.7 Å². The second-order valence-electron chi connectivity index (χ2n) is 5.25. The molecular weight excluding hydrogens is 372 g/mol. The summed E-state index contributed by atoms with van der Waals surface area (Å²) in [4.78, 5) is 39.9. The van der Waals surface area contributed by atoms with Gasteiger partial charge in [-0.3, -0.25) is 19.7 Å². The number of rotatable bonds is 6. The van der Waals surface area contributed by atoms with Gasteiger partial charge in [0.2, 0.25) is 5.91 Å². The third-order valence-electron chi connectivity index (χ3n) is 3.28. The third-order valence-corrected chi connectivity index (χ3v) is 4.95. The number of hydrogen-bond acceptors (Lipinski definition) is 6. The van der Waals surface area contributed by atoms with Crippen LogP contribution in [0.4, 0.5) is 10.8 Å². The molecule has 132 valence electrons. The Morgan fingerprint density at radius 1 is 1.00 bits per heavy atom. The van der Waals surface area contributed by atoms with Gasteiger partial charge < -0.3 is 11.1 Å². The molecule has 3 rings (SSSR count). The van der Waals surface area contributed by atoms with Gasteiger partial charge in [-0.05, 0) is 35.7 Å². The first-order chi connectivity index (χ1) is 12.5. The molecule has 3 aromatic rings. The van der Waals surface area contributed by atoms with Crippen LogP contribution in [0.3, 0.4) is 0 Å². The molecular formula is C17H14N4O3S2. The van der Waals surface area contributed by atoms with Crippen LogP contribution in [0, 0.1) is 0 Å². The van der Waals surface area contributed by atoms with Gasteiger partial charge in [0.15, 0.2) is 5.13 Å². The van der Waals surface area contributed by atoms with Gasteiger partial charge >= 0.3 is 0 Å². The number of benzene rings is 1. The number of primary amides is 1. The van der Waals surface area contributed by atoms with Gasteiger partial charge in [0, 0.05) is 16.6 Å². The molecule has 0 radical (unpaired) electrons. The number of carbonyl (C=O) groups is 3. The van der Waals surface area contributed by atoms with Gasteiger partial charge in [-0.25, -0.2) is 4.98 Å². The molecule has 2 heterocycles. The van der Waals surface area contributed by atoms with Gasteiger partial charge in [-0.2, -0.15) is 0 Å². The van der Waals surface area contributed by atoms with E-state index in [0.29, 0.717) is 27.0 Å². The van der Waals surface area contributed by atoms with Gasteiger partial charge in [-0.15, -0.1) is 22.7 Å². The summed E-state index contributed by atoms with van der Waals surface area (Å²) in [6.45, 7) is 0. The average Bonchev–Trinajstić information content (AvgIpc) is 3.27. The normalized spacial score (nSPS) is 10.3. The number of nitrogens with one attached hydrogen (secondary N) is 2. The predicted molar refractivity (Wildman–Crippen MR) is 102 cm³/mol. The summed E-state index contributed by atoms with van der Waals surface area (Å²) in [5, 5.41) is 9.32. The largest absolute Gasteiger partial charge is 0.369 e. The first kappa shape index (κ1) is 17.8. The zero-order valence-electron chi connectivity index (χ0n) is 13.4. The Morgan fingerprint density at radius 2 is 1.77 bits per heavy atom. The summed E-state index contributed by atoms with van der Waals surface area (Å²) in [6.07, 6.45) is 0.0327. The fourth-order valence-electron chi connectivity index (χ4n) is 2.10. The van der Waals surface area contributed by atoms with E-state index >= 15 is 0 Å². The van der Waals surface area contributed by atoms with Crippen molar-refractivity contribution in [1.29, 1.82) is 0 Å². The molecule has 0 saturated carbocycles. The number of carbonyl (C=O) groups excluding carboxylic acids is 3. The van der Waals surface area contributed by atoms with Crippen LogP contribution in [-0.4, -0.2) is 22.7 Å². The molecule has 0 unspecified atom stereocenters. The van der Waals surface area contributed by atoms with Crippen molar-refractivity contribution in [2.45, 2.75) is 6.42 Å². The third kappa shape index (κ3) is 4.52. The van der Waals surface area contributed by atoms with E-state index in [2.05, 4.69) is 15.6 Å². The monoisotopic (exact) mass is 386 g/mol. The van der Waals surface area contributed by atoms with Crippen LogP contribution in [0.5, 0.6) is 0 Å². The minimum absolute atomic E-state index is 0.0327. The van der Waals surface area contributed by atoms with Gasteiger partial charge in [0.1, 0.15) is 0 Å². The number of hydrogen-bond donors (Lipinski definition) is 3. The molecule has 1 aromatic carbocycles. The van der Waals surface area contributed by atoms with Crippen molar-refractivity contribution in [1.82, 2.24) is 4.98 Å². The van der Waals surface area contributed by atoms with Crippen molar-refractivity contribution in [2.24, 2.45) is 5.73 Å². The second kappa shape index (κ2) is 7.89. The zero-order chi connectivity index (χ0) is 18.5. The lowest BCUT2D eigenvalue weighted by Gasteiger charge is -2.05. The maximum Gasteiger partial charge on any atom is 0.265 e. The molecule has 4 N–H and O–H groups in total. The molecule has 0 saturated heterocycles. The van der Waals surface area contributed by atoms with Crippen LogP contribution >= 0.6 is 22.7 Å². The first-order valence-corrected chi connectivity index (χ1v) is 9.26. The fraction of sp³-hybridized carbons (Fsp3) is 0.0588. The lowest BCUT2D eigenvalue weighted by molar-refractivity contribution is -0.117. The molecule has 0 fully saturated rings. The minimum Gasteiger partial charge on any atom is -0.369 e. The maximum atomic E-state index is 12.2. The molecule has 0 aliphatic rings. The summed E-state index contributed by atoms with van der Waals surface area (Å²) in [5.74, 6) is -1.00. The Kier molecular flexibility index (Phi) is 5.40. The summed E-state index contributed by atoms with van der Waals surface area (Å²) in [7, 11) is 0. The van der Waals surface area contributed by atoms with Crippen LogP contribution in [-0.2, 0) is 11.2 Å². The number of nitrogens with zero attached hydrogens (tertiary/aromatic N) is 1. The van der Waals surface area contributed by atoms with E-state index in [1.54, 1.807) is 41.8 Å². The predicted octanol–water partition coefficient (Wildman–Crippen LogP) is 2.74. The average molecular weight is 386 g/mol. The smallest absolute Gasteiger partial charge is 0.265 e. The van der Waals surface area contributed by atoms with Crippen molar-refractivity contribution in [3.05, 3.63) is 63.3 Å². The minimum atomic E-state index is -0.478. The Bertz CT molecular complexity index is 933. The molecule has 0 atom stereocenters. The number of anilines is 2. The summed E-state index contributed by atoms with van der Waals surface area (Å²) in [6, 6.07) is 10.1. The SMILES string of the molecule is NC(=O)Cc1csc(NC(=O)c2ccc(NC(=O)c3cccs3)cc2)n1. The van der Waals surface area contributed by atoms with Gasteiger partial charge in [0.25, 0.3) is 11.8 Å². The van der Waals surface area contributed by atoms with Crippen LogP contribution in [0.2, 0.25) is 0 Å². The van der Waals surface area contributed by atoms with Crippen molar-refractivity contribution < 1.29 is 14.4 Å². The number of aromatic nitrogens is 1. The Balaban J connectivity index is 1.60. The highest BCUT2D eigenvalue weighted by atomic mass is 32.1. The van der Waals surface area contributed by atoms with E-state index < -0.39 is 5.91 Å². The molecule has 0 spiro atoms. The molecule has 0 aliphatic carbocycles. The topological polar surface area (TPSA) is 114 Å². The highest BCUT2D eigenvalue weighted by molar-refractivity contribution is 7.14. The molecule has 3 amide bonds. The Hall–Kier alpha value is -3.04.